The van der Waals surface area contributed by atoms with Crippen LogP contribution >= 0.6 is 0 Å². The summed E-state index contributed by atoms with van der Waals surface area (Å²) in [5.74, 6) is 0.763. The third-order valence-corrected chi connectivity index (χ3v) is 4.51. The molecule has 2 heterocycles. The number of benzene rings is 2. The van der Waals surface area contributed by atoms with E-state index in [4.69, 9.17) is 9.73 Å². The second-order valence-electron chi connectivity index (χ2n) is 6.60. The van der Waals surface area contributed by atoms with Crippen LogP contribution in [0.4, 0.5) is 0 Å². The first-order valence-electron chi connectivity index (χ1n) is 8.73. The first kappa shape index (κ1) is 15.7. The Kier molecular flexibility index (Phi) is 4.38. The van der Waals surface area contributed by atoms with E-state index in [1.807, 2.05) is 6.07 Å². The molecule has 126 valence electrons. The van der Waals surface area contributed by atoms with Crippen LogP contribution in [0, 0.1) is 6.92 Å². The first-order valence-corrected chi connectivity index (χ1v) is 8.73. The molecule has 0 fully saturated rings. The Morgan fingerprint density at radius 2 is 1.84 bits per heavy atom. The summed E-state index contributed by atoms with van der Waals surface area (Å²) >= 11 is 0. The van der Waals surface area contributed by atoms with Gasteiger partial charge in [-0.1, -0.05) is 60.2 Å². The predicted octanol–water partition coefficient (Wildman–Crippen LogP) is 4.23. The van der Waals surface area contributed by atoms with Crippen LogP contribution in [0.25, 0.3) is 0 Å². The Labute approximate surface area is 148 Å². The molecule has 1 aromatic heterocycles. The smallest absolute Gasteiger partial charge is 0.233 e. The third-order valence-electron chi connectivity index (χ3n) is 4.51. The standard InChI is InChI=1S/C22H22N2O/c1-17-7-5-10-19(13-17)15-24-12-6-11-21(24)22-23-20(16-25-22)14-18-8-3-2-4-9-18/h2-13,20H,14-16H2,1H3/t20-/m0/s1. The molecule has 0 N–H and O–H groups in total. The van der Waals surface area contributed by atoms with Crippen molar-refractivity contribution < 1.29 is 4.74 Å². The monoisotopic (exact) mass is 330 g/mol. The fraction of sp³-hybridized carbons (Fsp3) is 0.227. The Morgan fingerprint density at radius 3 is 2.68 bits per heavy atom. The van der Waals surface area contributed by atoms with Crippen molar-refractivity contribution in [3.05, 3.63) is 95.3 Å². The van der Waals surface area contributed by atoms with Gasteiger partial charge in [0, 0.05) is 12.7 Å². The third kappa shape index (κ3) is 3.66. The molecule has 4 rings (SSSR count). The van der Waals surface area contributed by atoms with Crippen LogP contribution in [-0.4, -0.2) is 23.1 Å². The molecule has 0 bridgehead atoms. The Morgan fingerprint density at radius 1 is 1.00 bits per heavy atom. The van der Waals surface area contributed by atoms with Gasteiger partial charge in [-0.3, -0.25) is 0 Å². The van der Waals surface area contributed by atoms with Gasteiger partial charge < -0.3 is 9.30 Å². The van der Waals surface area contributed by atoms with Crippen molar-refractivity contribution in [2.75, 3.05) is 6.61 Å². The zero-order valence-electron chi connectivity index (χ0n) is 14.4. The van der Waals surface area contributed by atoms with Crippen LogP contribution in [-0.2, 0) is 17.7 Å². The van der Waals surface area contributed by atoms with Crippen LogP contribution in [0.15, 0.2) is 77.9 Å². The van der Waals surface area contributed by atoms with Gasteiger partial charge in [-0.25, -0.2) is 4.99 Å². The zero-order valence-corrected chi connectivity index (χ0v) is 14.4. The van der Waals surface area contributed by atoms with E-state index in [0.717, 1.165) is 24.6 Å². The van der Waals surface area contributed by atoms with Crippen molar-refractivity contribution in [1.29, 1.82) is 0 Å². The van der Waals surface area contributed by atoms with Crippen molar-refractivity contribution in [3.8, 4) is 0 Å². The molecule has 3 heteroatoms. The van der Waals surface area contributed by atoms with Crippen molar-refractivity contribution in [2.24, 2.45) is 4.99 Å². The quantitative estimate of drug-likeness (QED) is 0.687. The number of ether oxygens (including phenoxy) is 1. The summed E-state index contributed by atoms with van der Waals surface area (Å²) in [5, 5.41) is 0. The van der Waals surface area contributed by atoms with Crippen LogP contribution in [0.5, 0.6) is 0 Å². The van der Waals surface area contributed by atoms with Gasteiger partial charge in [-0.15, -0.1) is 0 Å². The van der Waals surface area contributed by atoms with E-state index in [9.17, 15) is 0 Å². The number of hydrogen-bond donors (Lipinski definition) is 0. The Bertz CT molecular complexity index is 880. The van der Waals surface area contributed by atoms with E-state index < -0.39 is 0 Å². The molecule has 0 saturated carbocycles. The molecule has 3 nitrogen and oxygen atoms in total. The first-order chi connectivity index (χ1) is 12.3. The van der Waals surface area contributed by atoms with E-state index in [1.165, 1.54) is 16.7 Å². The van der Waals surface area contributed by atoms with Gasteiger partial charge in [-0.2, -0.15) is 0 Å². The molecule has 25 heavy (non-hydrogen) atoms. The molecule has 0 unspecified atom stereocenters. The van der Waals surface area contributed by atoms with Gasteiger partial charge in [0.1, 0.15) is 12.3 Å². The van der Waals surface area contributed by atoms with Crippen LogP contribution in [0.2, 0.25) is 0 Å². The summed E-state index contributed by atoms with van der Waals surface area (Å²) in [6, 6.07) is 23.4. The molecule has 2 aromatic carbocycles. The highest BCUT2D eigenvalue weighted by Gasteiger charge is 2.22. The lowest BCUT2D eigenvalue weighted by Crippen LogP contribution is -2.11. The molecule has 0 amide bonds. The van der Waals surface area contributed by atoms with Crippen LogP contribution in [0.3, 0.4) is 0 Å². The normalized spacial score (nSPS) is 16.5. The van der Waals surface area contributed by atoms with E-state index in [1.54, 1.807) is 0 Å². The van der Waals surface area contributed by atoms with E-state index >= 15 is 0 Å². The topological polar surface area (TPSA) is 26.5 Å². The fourth-order valence-corrected chi connectivity index (χ4v) is 3.30. The van der Waals surface area contributed by atoms with E-state index in [2.05, 4.69) is 78.4 Å². The molecule has 1 atom stereocenters. The maximum absolute atomic E-state index is 5.91. The molecule has 0 saturated heterocycles. The minimum absolute atomic E-state index is 0.194. The summed E-state index contributed by atoms with van der Waals surface area (Å²) in [5.41, 5.74) is 4.92. The maximum Gasteiger partial charge on any atom is 0.233 e. The van der Waals surface area contributed by atoms with Crippen molar-refractivity contribution >= 4 is 5.90 Å². The lowest BCUT2D eigenvalue weighted by Gasteiger charge is -2.09. The van der Waals surface area contributed by atoms with Crippen LogP contribution in [0.1, 0.15) is 22.4 Å². The lowest BCUT2D eigenvalue weighted by molar-refractivity contribution is 0.315. The number of nitrogens with zero attached hydrogens (tertiary/aromatic N) is 2. The Balaban J connectivity index is 1.51. The molecule has 0 spiro atoms. The SMILES string of the molecule is Cc1cccc(Cn2cccc2C2=N[C@@H](Cc3ccccc3)CO2)c1. The number of hydrogen-bond acceptors (Lipinski definition) is 2. The second-order valence-corrected chi connectivity index (χ2v) is 6.60. The van der Waals surface area contributed by atoms with Crippen molar-refractivity contribution in [3.63, 3.8) is 0 Å². The summed E-state index contributed by atoms with van der Waals surface area (Å²) in [6.45, 7) is 3.61. The second kappa shape index (κ2) is 6.98. The summed E-state index contributed by atoms with van der Waals surface area (Å²) in [6.07, 6.45) is 3.01. The summed E-state index contributed by atoms with van der Waals surface area (Å²) in [4.78, 5) is 4.82. The van der Waals surface area contributed by atoms with Gasteiger partial charge in [0.15, 0.2) is 0 Å². The molecule has 3 aromatic rings. The average Bonchev–Trinajstić information content (AvgIpc) is 3.25. The number of rotatable bonds is 5. The minimum Gasteiger partial charge on any atom is -0.474 e. The largest absolute Gasteiger partial charge is 0.474 e. The highest BCUT2D eigenvalue weighted by Crippen LogP contribution is 2.18. The van der Waals surface area contributed by atoms with Crippen molar-refractivity contribution in [2.45, 2.75) is 25.9 Å². The number of aliphatic imine (C=N–C) groups is 1. The highest BCUT2D eigenvalue weighted by molar-refractivity contribution is 5.93. The molecule has 1 aliphatic heterocycles. The molecular formula is C22H22N2O. The molecular weight excluding hydrogens is 308 g/mol. The Hall–Kier alpha value is -2.81. The predicted molar refractivity (Wildman–Crippen MR) is 101 cm³/mol. The number of aryl methyl sites for hydroxylation is 1. The van der Waals surface area contributed by atoms with E-state index in [-0.39, 0.29) is 6.04 Å². The lowest BCUT2D eigenvalue weighted by atomic mass is 10.1. The van der Waals surface area contributed by atoms with Gasteiger partial charge in [-0.05, 0) is 36.6 Å². The number of aromatic nitrogens is 1. The highest BCUT2D eigenvalue weighted by atomic mass is 16.5. The van der Waals surface area contributed by atoms with Gasteiger partial charge >= 0.3 is 0 Å². The van der Waals surface area contributed by atoms with E-state index in [0.29, 0.717) is 6.61 Å². The zero-order chi connectivity index (χ0) is 17.1. The summed E-state index contributed by atoms with van der Waals surface area (Å²) < 4.78 is 8.12. The van der Waals surface area contributed by atoms with Gasteiger partial charge in [0.25, 0.3) is 0 Å². The average molecular weight is 330 g/mol. The van der Waals surface area contributed by atoms with Crippen molar-refractivity contribution in [1.82, 2.24) is 4.57 Å². The van der Waals surface area contributed by atoms with Gasteiger partial charge in [0.05, 0.1) is 6.04 Å². The molecule has 1 aliphatic rings. The fourth-order valence-electron chi connectivity index (χ4n) is 3.30. The minimum atomic E-state index is 0.194. The van der Waals surface area contributed by atoms with Gasteiger partial charge in [0.2, 0.25) is 5.90 Å². The molecule has 0 aliphatic carbocycles. The van der Waals surface area contributed by atoms with Crippen LogP contribution < -0.4 is 0 Å². The maximum atomic E-state index is 5.91. The summed E-state index contributed by atoms with van der Waals surface area (Å²) in [7, 11) is 0. The molecule has 0 radical (unpaired) electrons.